The van der Waals surface area contributed by atoms with E-state index < -0.39 is 39.1 Å². The number of halogens is 3. The summed E-state index contributed by atoms with van der Waals surface area (Å²) in [5.41, 5.74) is 0.479. The van der Waals surface area contributed by atoms with Gasteiger partial charge >= 0.3 is 10.2 Å². The predicted octanol–water partition coefficient (Wildman–Crippen LogP) is 4.19. The van der Waals surface area contributed by atoms with Gasteiger partial charge in [0.25, 0.3) is 5.91 Å². The van der Waals surface area contributed by atoms with Crippen molar-refractivity contribution in [2.45, 2.75) is 31.5 Å². The number of benzene rings is 2. The van der Waals surface area contributed by atoms with Gasteiger partial charge in [0.15, 0.2) is 11.6 Å². The van der Waals surface area contributed by atoms with Gasteiger partial charge in [0.1, 0.15) is 23.6 Å². The van der Waals surface area contributed by atoms with Crippen LogP contribution >= 0.6 is 11.6 Å². The molecule has 47 heavy (non-hydrogen) atoms. The van der Waals surface area contributed by atoms with Crippen LogP contribution in [0.4, 0.5) is 25.8 Å². The van der Waals surface area contributed by atoms with Crippen LogP contribution < -0.4 is 19.3 Å². The van der Waals surface area contributed by atoms with E-state index in [0.29, 0.717) is 17.1 Å². The van der Waals surface area contributed by atoms with E-state index in [-0.39, 0.29) is 43.3 Å². The fourth-order valence-corrected chi connectivity index (χ4v) is 7.58. The van der Waals surface area contributed by atoms with Crippen molar-refractivity contribution in [2.24, 2.45) is 4.99 Å². The Balaban J connectivity index is 1.20. The number of hydrogen-bond acceptors (Lipinski definition) is 8. The van der Waals surface area contributed by atoms with Gasteiger partial charge in [0, 0.05) is 63.0 Å². The molecule has 1 amide bonds. The molecule has 1 unspecified atom stereocenters. The van der Waals surface area contributed by atoms with Crippen LogP contribution in [0, 0.1) is 17.1 Å². The number of rotatable bonds is 9. The van der Waals surface area contributed by atoms with Gasteiger partial charge in [-0.25, -0.2) is 8.78 Å². The minimum Gasteiger partial charge on any atom is -0.453 e. The molecule has 3 heterocycles. The van der Waals surface area contributed by atoms with Gasteiger partial charge in [-0.3, -0.25) is 24.3 Å². The number of alkyl halides is 2. The van der Waals surface area contributed by atoms with Gasteiger partial charge in [-0.15, -0.1) is 11.6 Å². The molecule has 1 N–H and O–H groups in total. The molecule has 0 saturated carbocycles. The zero-order valence-corrected chi connectivity index (χ0v) is 27.3. The lowest BCUT2D eigenvalue weighted by molar-refractivity contribution is -0.115. The van der Waals surface area contributed by atoms with Crippen LogP contribution in [-0.4, -0.2) is 93.3 Å². The molecule has 15 heteroatoms. The maximum Gasteiger partial charge on any atom is 0.301 e. The number of piperazine rings is 1. The highest BCUT2D eigenvalue weighted by Crippen LogP contribution is 2.39. The lowest BCUT2D eigenvalue weighted by Gasteiger charge is -2.37. The molecule has 0 aromatic heterocycles. The highest BCUT2D eigenvalue weighted by molar-refractivity contribution is 7.90. The molecule has 2 fully saturated rings. The normalized spacial score (nSPS) is 23.6. The quantitative estimate of drug-likeness (QED) is 0.393. The Morgan fingerprint density at radius 1 is 1.13 bits per heavy atom. The topological polar surface area (TPSA) is 122 Å². The summed E-state index contributed by atoms with van der Waals surface area (Å²) in [7, 11) is -4.21. The number of fused-ring (bicyclic) bond motifs is 1. The average molecular weight is 686 g/mol. The maximum absolute atomic E-state index is 15.1. The lowest BCUT2D eigenvalue weighted by Crippen LogP contribution is -2.47. The molecule has 6 rings (SSSR count). The number of hydrogen-bond donors (Lipinski definition) is 1. The molecule has 11 nitrogen and oxygen atoms in total. The first-order valence-electron chi connectivity index (χ1n) is 15.3. The predicted molar refractivity (Wildman–Crippen MR) is 176 cm³/mol. The fourth-order valence-electron chi connectivity index (χ4n) is 6.06. The fraction of sp³-hybridized carbons (Fsp3) is 0.406. The van der Waals surface area contributed by atoms with E-state index in [4.69, 9.17) is 16.3 Å². The summed E-state index contributed by atoms with van der Waals surface area (Å²) in [4.78, 5) is 24.5. The Hall–Kier alpha value is -4.03. The van der Waals surface area contributed by atoms with Crippen LogP contribution in [0.5, 0.6) is 5.75 Å². The smallest absolute Gasteiger partial charge is 0.301 e. The Bertz CT molecular complexity index is 1790. The van der Waals surface area contributed by atoms with Crippen LogP contribution in [-0.2, 0) is 15.0 Å². The van der Waals surface area contributed by atoms with Crippen molar-refractivity contribution >= 4 is 51.1 Å². The number of amides is 1. The second kappa shape index (κ2) is 13.2. The summed E-state index contributed by atoms with van der Waals surface area (Å²) in [5, 5.41) is 9.89. The zero-order chi connectivity index (χ0) is 33.3. The van der Waals surface area contributed by atoms with E-state index in [1.54, 1.807) is 6.08 Å². The van der Waals surface area contributed by atoms with E-state index in [9.17, 15) is 22.9 Å². The number of ether oxygens (including phenoxy) is 1. The van der Waals surface area contributed by atoms with Gasteiger partial charge in [0.2, 0.25) is 0 Å². The van der Waals surface area contributed by atoms with Crippen molar-refractivity contribution in [3.63, 3.8) is 0 Å². The highest BCUT2D eigenvalue weighted by Gasteiger charge is 2.41. The molecule has 4 aliphatic rings. The molecule has 2 atom stereocenters. The number of nitrogens with one attached hydrogen (secondary N) is 1. The van der Waals surface area contributed by atoms with Crippen molar-refractivity contribution in [1.82, 2.24) is 9.21 Å². The van der Waals surface area contributed by atoms with Crippen molar-refractivity contribution in [2.75, 3.05) is 66.2 Å². The first kappa shape index (κ1) is 32.9. The summed E-state index contributed by atoms with van der Waals surface area (Å²) in [5.74, 6) is -1.04. The van der Waals surface area contributed by atoms with Crippen LogP contribution in [0.15, 0.2) is 64.9 Å². The van der Waals surface area contributed by atoms with Crippen LogP contribution in [0.1, 0.15) is 25.3 Å². The van der Waals surface area contributed by atoms with E-state index in [2.05, 4.69) is 19.5 Å². The Morgan fingerprint density at radius 3 is 2.51 bits per heavy atom. The molecule has 2 aromatic rings. The van der Waals surface area contributed by atoms with E-state index in [0.717, 1.165) is 54.8 Å². The Kier molecular flexibility index (Phi) is 9.26. The number of carbonyl (C=O) groups is 1. The van der Waals surface area contributed by atoms with Crippen LogP contribution in [0.25, 0.3) is 0 Å². The van der Waals surface area contributed by atoms with Crippen molar-refractivity contribution in [3.8, 4) is 11.8 Å². The van der Waals surface area contributed by atoms with Crippen molar-refractivity contribution in [3.05, 3.63) is 71.3 Å². The summed E-state index contributed by atoms with van der Waals surface area (Å²) < 4.78 is 63.4. The van der Waals surface area contributed by atoms with Gasteiger partial charge in [0.05, 0.1) is 23.3 Å². The molecule has 2 aromatic carbocycles. The van der Waals surface area contributed by atoms with Crippen molar-refractivity contribution < 1.29 is 26.7 Å². The highest BCUT2D eigenvalue weighted by atomic mass is 35.5. The molecular formula is C32H34ClF2N7O4S. The molecule has 0 radical (unpaired) electrons. The summed E-state index contributed by atoms with van der Waals surface area (Å²) in [6.07, 6.45) is 3.63. The van der Waals surface area contributed by atoms with Crippen LogP contribution in [0.3, 0.4) is 0 Å². The van der Waals surface area contributed by atoms with Gasteiger partial charge < -0.3 is 9.64 Å². The summed E-state index contributed by atoms with van der Waals surface area (Å²) in [6, 6.07) is 11.6. The maximum atomic E-state index is 15.1. The third-order valence-corrected chi connectivity index (χ3v) is 10.5. The molecule has 2 saturated heterocycles. The second-order valence-corrected chi connectivity index (χ2v) is 14.0. The third-order valence-electron chi connectivity index (χ3n) is 8.85. The number of allylic oxidation sites excluding steroid dienone is 1. The first-order valence-corrected chi connectivity index (χ1v) is 17.3. The monoisotopic (exact) mass is 685 g/mol. The number of nitrogens with zero attached hydrogens (tertiary/aromatic N) is 6. The average Bonchev–Trinajstić information content (AvgIpc) is 3.51. The Morgan fingerprint density at radius 2 is 1.85 bits per heavy atom. The minimum absolute atomic E-state index is 0.0213. The SMILES string of the molecule is CC12CC=C(Oc3c(F)ccc(NS(=O)(=O)N4CC[C@@H](F)C4)c3C#N)C=C1C(=O)N(c1ccc(N3CCN(CCCl)CC3)cc1)C=N2. The zero-order valence-electron chi connectivity index (χ0n) is 25.7. The standard InChI is InChI=1S/C32H34ClF2N7O4S/c1-32-10-8-25(46-30-26(19-36)29(7-6-28(30)35)38-47(44,45)41-12-9-22(34)20-41)18-27(32)31(43)42(21-37-32)24-4-2-23(3-5-24)40-16-14-39(13-11-33)15-17-40/h2-8,18,21-22,38H,9-17,20H2,1H3/t22-,32?/m1/s1. The number of nitriles is 1. The number of anilines is 3. The lowest BCUT2D eigenvalue weighted by atomic mass is 9.83. The third kappa shape index (κ3) is 6.71. The van der Waals surface area contributed by atoms with Gasteiger partial charge in [-0.2, -0.15) is 18.0 Å². The van der Waals surface area contributed by atoms with E-state index in [1.165, 1.54) is 17.3 Å². The molecular weight excluding hydrogens is 652 g/mol. The van der Waals surface area contributed by atoms with Gasteiger partial charge in [-0.1, -0.05) is 0 Å². The largest absolute Gasteiger partial charge is 0.453 e. The molecule has 0 spiro atoms. The molecule has 3 aliphatic heterocycles. The number of aliphatic imine (C=N–C) groups is 1. The summed E-state index contributed by atoms with van der Waals surface area (Å²) >= 11 is 5.88. The molecule has 1 aliphatic carbocycles. The van der Waals surface area contributed by atoms with Gasteiger partial charge in [-0.05, 0) is 68.3 Å². The summed E-state index contributed by atoms with van der Waals surface area (Å²) in [6.45, 7) is 5.94. The second-order valence-electron chi connectivity index (χ2n) is 12.0. The van der Waals surface area contributed by atoms with Crippen molar-refractivity contribution in [1.29, 1.82) is 5.26 Å². The molecule has 248 valence electrons. The first-order chi connectivity index (χ1) is 22.5. The van der Waals surface area contributed by atoms with Crippen LogP contribution in [0.2, 0.25) is 0 Å². The molecule has 0 bridgehead atoms. The van der Waals surface area contributed by atoms with E-state index in [1.807, 2.05) is 37.3 Å². The van der Waals surface area contributed by atoms with E-state index >= 15 is 4.39 Å². The Labute approximate surface area is 277 Å². The minimum atomic E-state index is -4.21. The number of carbonyl (C=O) groups excluding carboxylic acids is 1.